The van der Waals surface area contributed by atoms with Crippen molar-refractivity contribution < 1.29 is 13.5 Å². The number of hydrogen-bond acceptors (Lipinski definition) is 1. The summed E-state index contributed by atoms with van der Waals surface area (Å²) in [7, 11) is 0. The maximum atomic E-state index is 14.9. The Balaban J connectivity index is 1.12. The molecule has 4 rings (SSSR count). The van der Waals surface area contributed by atoms with Gasteiger partial charge in [-0.1, -0.05) is 110 Å². The molecule has 3 aliphatic rings. The molecule has 0 heterocycles. The molecule has 1 aromatic carbocycles. The van der Waals surface area contributed by atoms with Gasteiger partial charge in [-0.3, -0.25) is 0 Å². The molecule has 0 aliphatic heterocycles. The van der Waals surface area contributed by atoms with Crippen molar-refractivity contribution in [1.82, 2.24) is 0 Å². The van der Waals surface area contributed by atoms with Gasteiger partial charge in [-0.15, -0.1) is 0 Å². The molecule has 3 aliphatic carbocycles. The van der Waals surface area contributed by atoms with Gasteiger partial charge in [0, 0.05) is 0 Å². The second-order valence-corrected chi connectivity index (χ2v) is 14.1. The highest BCUT2D eigenvalue weighted by molar-refractivity contribution is 5.31. The van der Waals surface area contributed by atoms with Crippen molar-refractivity contribution in [2.24, 2.45) is 35.5 Å². The Morgan fingerprint density at radius 1 is 0.575 bits per heavy atom. The van der Waals surface area contributed by atoms with Crippen molar-refractivity contribution in [3.63, 3.8) is 0 Å². The average molecular weight is 559 g/mol. The van der Waals surface area contributed by atoms with Gasteiger partial charge in [0.15, 0.2) is 11.6 Å². The SMILES string of the molecule is CCCCCCC[C@H]1CC[C@H]([C@H]2CC[C@H](CCc3ccc(OC[C@H]4CC[C@H](CCC)CC4)c(F)c3F)CC2)CC1. The highest BCUT2D eigenvalue weighted by atomic mass is 19.2. The molecule has 1 aromatic rings. The molecule has 3 saturated carbocycles. The van der Waals surface area contributed by atoms with Crippen LogP contribution in [0.1, 0.15) is 154 Å². The summed E-state index contributed by atoms with van der Waals surface area (Å²) in [6.07, 6.45) is 28.6. The summed E-state index contributed by atoms with van der Waals surface area (Å²) in [5, 5.41) is 0. The van der Waals surface area contributed by atoms with Gasteiger partial charge in [0.25, 0.3) is 0 Å². The van der Waals surface area contributed by atoms with Gasteiger partial charge in [-0.2, -0.15) is 4.39 Å². The highest BCUT2D eigenvalue weighted by Crippen LogP contribution is 2.43. The van der Waals surface area contributed by atoms with Crippen molar-refractivity contribution in [3.05, 3.63) is 29.3 Å². The number of halogens is 2. The van der Waals surface area contributed by atoms with E-state index in [0.29, 0.717) is 30.4 Å². The second kappa shape index (κ2) is 17.1. The molecule has 0 unspecified atom stereocenters. The van der Waals surface area contributed by atoms with E-state index in [9.17, 15) is 8.78 Å². The lowest BCUT2D eigenvalue weighted by Crippen LogP contribution is -2.26. The fourth-order valence-electron chi connectivity index (χ4n) is 8.47. The van der Waals surface area contributed by atoms with E-state index < -0.39 is 11.6 Å². The molecular weight excluding hydrogens is 498 g/mol. The average Bonchev–Trinajstić information content (AvgIpc) is 2.99. The van der Waals surface area contributed by atoms with Gasteiger partial charge in [0.1, 0.15) is 0 Å². The van der Waals surface area contributed by atoms with E-state index in [2.05, 4.69) is 13.8 Å². The first kappa shape index (κ1) is 31.8. The van der Waals surface area contributed by atoms with Crippen molar-refractivity contribution in [1.29, 1.82) is 0 Å². The Bertz CT molecular complexity index is 829. The second-order valence-electron chi connectivity index (χ2n) is 14.1. The zero-order valence-corrected chi connectivity index (χ0v) is 26.0. The van der Waals surface area contributed by atoms with Gasteiger partial charge in [-0.05, 0) is 98.5 Å². The number of ether oxygens (including phenoxy) is 1. The lowest BCUT2D eigenvalue weighted by atomic mass is 9.68. The van der Waals surface area contributed by atoms with Gasteiger partial charge in [0.2, 0.25) is 5.82 Å². The normalized spacial score (nSPS) is 29.4. The number of rotatable bonds is 15. The van der Waals surface area contributed by atoms with E-state index in [1.54, 1.807) is 12.1 Å². The fraction of sp³-hybridized carbons (Fsp3) is 0.838. The minimum atomic E-state index is -0.780. The van der Waals surface area contributed by atoms with Gasteiger partial charge in [0.05, 0.1) is 6.61 Å². The van der Waals surface area contributed by atoms with E-state index in [0.717, 1.165) is 42.9 Å². The Morgan fingerprint density at radius 2 is 1.12 bits per heavy atom. The maximum absolute atomic E-state index is 14.9. The lowest BCUT2D eigenvalue weighted by Gasteiger charge is -2.38. The Kier molecular flexibility index (Phi) is 13.6. The fourth-order valence-corrected chi connectivity index (χ4v) is 8.47. The molecule has 3 heteroatoms. The maximum Gasteiger partial charge on any atom is 0.200 e. The van der Waals surface area contributed by atoms with Crippen LogP contribution in [0.2, 0.25) is 0 Å². The molecule has 40 heavy (non-hydrogen) atoms. The standard InChI is InChI=1S/C37H60F2O/c1-3-5-6-7-8-10-29-15-20-32(21-16-29)33-22-17-30(18-23-33)19-24-34-25-26-35(37(39)36(34)38)40-27-31-13-11-28(9-4-2)12-14-31/h25-26,28-33H,3-24,27H2,1-2H3/t28-,29-,30-,31-,32-,33-. The highest BCUT2D eigenvalue weighted by Gasteiger charge is 2.31. The largest absolute Gasteiger partial charge is 0.490 e. The molecule has 3 fully saturated rings. The van der Waals surface area contributed by atoms with Crippen LogP contribution in [0.5, 0.6) is 5.75 Å². The Morgan fingerprint density at radius 3 is 1.75 bits per heavy atom. The molecular formula is C37H60F2O. The van der Waals surface area contributed by atoms with Crippen LogP contribution in [0.3, 0.4) is 0 Å². The molecule has 0 amide bonds. The van der Waals surface area contributed by atoms with Crippen LogP contribution in [0.15, 0.2) is 12.1 Å². The molecule has 0 spiro atoms. The summed E-state index contributed by atoms with van der Waals surface area (Å²) in [4.78, 5) is 0. The number of aryl methyl sites for hydroxylation is 1. The summed E-state index contributed by atoms with van der Waals surface area (Å²) in [6, 6.07) is 3.45. The van der Waals surface area contributed by atoms with Crippen molar-refractivity contribution in [3.8, 4) is 5.75 Å². The van der Waals surface area contributed by atoms with Crippen molar-refractivity contribution >= 4 is 0 Å². The zero-order valence-electron chi connectivity index (χ0n) is 26.0. The zero-order chi connectivity index (χ0) is 28.2. The molecule has 0 bridgehead atoms. The monoisotopic (exact) mass is 558 g/mol. The van der Waals surface area contributed by atoms with E-state index in [-0.39, 0.29) is 5.75 Å². The topological polar surface area (TPSA) is 9.23 Å². The van der Waals surface area contributed by atoms with Gasteiger partial charge in [-0.25, -0.2) is 4.39 Å². The van der Waals surface area contributed by atoms with E-state index in [4.69, 9.17) is 4.74 Å². The van der Waals surface area contributed by atoms with Crippen molar-refractivity contribution in [2.45, 2.75) is 155 Å². The molecule has 0 saturated heterocycles. The first-order valence-corrected chi connectivity index (χ1v) is 17.7. The Labute approximate surface area is 245 Å². The lowest BCUT2D eigenvalue weighted by molar-refractivity contribution is 0.140. The molecule has 0 atom stereocenters. The van der Waals surface area contributed by atoms with Crippen LogP contribution in [0.4, 0.5) is 8.78 Å². The summed E-state index contributed by atoms with van der Waals surface area (Å²) in [6.45, 7) is 5.06. The summed E-state index contributed by atoms with van der Waals surface area (Å²) < 4.78 is 35.6. The summed E-state index contributed by atoms with van der Waals surface area (Å²) in [5.74, 6) is 3.47. The molecule has 228 valence electrons. The molecule has 1 nitrogen and oxygen atoms in total. The van der Waals surface area contributed by atoms with Crippen LogP contribution in [-0.2, 0) is 6.42 Å². The third-order valence-electron chi connectivity index (χ3n) is 11.3. The van der Waals surface area contributed by atoms with Crippen LogP contribution in [0, 0.1) is 47.1 Å². The minimum absolute atomic E-state index is 0.101. The predicted molar refractivity (Wildman–Crippen MR) is 165 cm³/mol. The molecule has 0 radical (unpaired) electrons. The number of unbranched alkanes of at least 4 members (excludes halogenated alkanes) is 4. The van der Waals surface area contributed by atoms with Crippen LogP contribution < -0.4 is 4.74 Å². The van der Waals surface area contributed by atoms with E-state index >= 15 is 0 Å². The summed E-state index contributed by atoms with van der Waals surface area (Å²) >= 11 is 0. The van der Waals surface area contributed by atoms with E-state index in [1.807, 2.05) is 0 Å². The van der Waals surface area contributed by atoms with Crippen molar-refractivity contribution in [2.75, 3.05) is 6.61 Å². The molecule has 0 aromatic heterocycles. The third-order valence-corrected chi connectivity index (χ3v) is 11.3. The number of benzene rings is 1. The Hall–Kier alpha value is -1.12. The first-order valence-electron chi connectivity index (χ1n) is 17.7. The van der Waals surface area contributed by atoms with Gasteiger partial charge < -0.3 is 4.74 Å². The minimum Gasteiger partial charge on any atom is -0.490 e. The van der Waals surface area contributed by atoms with Crippen LogP contribution >= 0.6 is 0 Å². The quantitative estimate of drug-likeness (QED) is 0.195. The first-order chi connectivity index (χ1) is 19.6. The predicted octanol–water partition coefficient (Wildman–Crippen LogP) is 11.9. The van der Waals surface area contributed by atoms with E-state index in [1.165, 1.54) is 116 Å². The number of hydrogen-bond donors (Lipinski definition) is 0. The van der Waals surface area contributed by atoms with Crippen LogP contribution in [0.25, 0.3) is 0 Å². The summed E-state index contributed by atoms with van der Waals surface area (Å²) in [5.41, 5.74) is 0.528. The third kappa shape index (κ3) is 9.72. The smallest absolute Gasteiger partial charge is 0.200 e. The van der Waals surface area contributed by atoms with Crippen LogP contribution in [-0.4, -0.2) is 6.61 Å². The van der Waals surface area contributed by atoms with Gasteiger partial charge >= 0.3 is 0 Å². The molecule has 0 N–H and O–H groups in total.